The van der Waals surface area contributed by atoms with Crippen LogP contribution in [0.25, 0.3) is 0 Å². The Morgan fingerprint density at radius 3 is 2.65 bits per heavy atom. The lowest BCUT2D eigenvalue weighted by atomic mass is 10.0. The zero-order valence-electron chi connectivity index (χ0n) is 15.3. The smallest absolute Gasteiger partial charge is 0.290 e. The summed E-state index contributed by atoms with van der Waals surface area (Å²) in [7, 11) is 0. The van der Waals surface area contributed by atoms with Crippen LogP contribution >= 0.6 is 0 Å². The van der Waals surface area contributed by atoms with Crippen molar-refractivity contribution in [3.8, 4) is 0 Å². The molecule has 26 heavy (non-hydrogen) atoms. The van der Waals surface area contributed by atoms with Gasteiger partial charge in [-0.15, -0.1) is 0 Å². The van der Waals surface area contributed by atoms with Gasteiger partial charge in [0.15, 0.2) is 0 Å². The Morgan fingerprint density at radius 2 is 2.04 bits per heavy atom. The Hall–Kier alpha value is -2.89. The molecule has 2 heterocycles. The summed E-state index contributed by atoms with van der Waals surface area (Å²) in [5, 5.41) is 7.04. The largest absolute Gasteiger partial charge is 0.351 e. The van der Waals surface area contributed by atoms with Gasteiger partial charge in [0.1, 0.15) is 5.82 Å². The monoisotopic (exact) mass is 352 g/mol. The van der Waals surface area contributed by atoms with Crippen molar-refractivity contribution in [3.63, 3.8) is 0 Å². The maximum atomic E-state index is 12.6. The first-order chi connectivity index (χ1) is 12.5. The molecule has 0 aliphatic carbocycles. The summed E-state index contributed by atoms with van der Waals surface area (Å²) in [5.41, 5.74) is 1.84. The van der Waals surface area contributed by atoms with E-state index in [1.54, 1.807) is 12.3 Å². The summed E-state index contributed by atoms with van der Waals surface area (Å²) < 4.78 is 7.29. The van der Waals surface area contributed by atoms with Gasteiger partial charge in [0, 0.05) is 25.0 Å². The molecular formula is C20H24N4O2. The normalized spacial score (nSPS) is 12.3. The molecule has 136 valence electrons. The van der Waals surface area contributed by atoms with Crippen LogP contribution < -0.4 is 5.32 Å². The molecule has 0 aliphatic heterocycles. The van der Waals surface area contributed by atoms with Gasteiger partial charge in [-0.05, 0) is 24.8 Å². The van der Waals surface area contributed by atoms with Crippen LogP contribution in [0.15, 0.2) is 53.3 Å². The second kappa shape index (κ2) is 7.99. The molecule has 1 amide bonds. The minimum atomic E-state index is -0.249. The fourth-order valence-corrected chi connectivity index (χ4v) is 2.81. The molecule has 6 nitrogen and oxygen atoms in total. The molecule has 6 heteroatoms. The fraction of sp³-hybridized carbons (Fsp3) is 0.350. The van der Waals surface area contributed by atoms with Gasteiger partial charge in [0.25, 0.3) is 5.91 Å². The predicted molar refractivity (Wildman–Crippen MR) is 98.8 cm³/mol. The van der Waals surface area contributed by atoms with E-state index < -0.39 is 0 Å². The third-order valence-electron chi connectivity index (χ3n) is 4.43. The van der Waals surface area contributed by atoms with E-state index in [4.69, 9.17) is 4.52 Å². The predicted octanol–water partition coefficient (Wildman–Crippen LogP) is 3.86. The highest BCUT2D eigenvalue weighted by Crippen LogP contribution is 2.20. The highest BCUT2D eigenvalue weighted by Gasteiger charge is 2.20. The minimum absolute atomic E-state index is 0.127. The highest BCUT2D eigenvalue weighted by atomic mass is 16.5. The molecule has 1 N–H and O–H groups in total. The first-order valence-electron chi connectivity index (χ1n) is 8.84. The van der Waals surface area contributed by atoms with Crippen molar-refractivity contribution in [1.82, 2.24) is 20.0 Å². The number of carbonyl (C=O) groups excluding carboxylic acids is 1. The standard InChI is InChI=1S/C20H24N4O2/c1-14(2)18-13-19(26-23-18)20(25)22-17(16-7-5-4-6-8-16)9-11-24-12-10-21-15(24)3/h4-8,10,12-14,17H,9,11H2,1-3H3,(H,22,25). The second-order valence-corrected chi connectivity index (χ2v) is 6.66. The number of amides is 1. The van der Waals surface area contributed by atoms with Gasteiger partial charge < -0.3 is 14.4 Å². The number of nitrogens with one attached hydrogen (secondary N) is 1. The van der Waals surface area contributed by atoms with Crippen LogP contribution in [0.1, 0.15) is 59.9 Å². The number of benzene rings is 1. The van der Waals surface area contributed by atoms with Gasteiger partial charge >= 0.3 is 0 Å². The van der Waals surface area contributed by atoms with Crippen LogP contribution in [-0.2, 0) is 6.54 Å². The van der Waals surface area contributed by atoms with Crippen molar-refractivity contribution in [3.05, 3.63) is 71.6 Å². The van der Waals surface area contributed by atoms with Crippen molar-refractivity contribution in [2.75, 3.05) is 0 Å². The Labute approximate surface area is 153 Å². The number of hydrogen-bond donors (Lipinski definition) is 1. The van der Waals surface area contributed by atoms with E-state index in [9.17, 15) is 4.79 Å². The van der Waals surface area contributed by atoms with E-state index in [-0.39, 0.29) is 23.6 Å². The van der Waals surface area contributed by atoms with Gasteiger partial charge in [0.05, 0.1) is 11.7 Å². The molecule has 0 spiro atoms. The lowest BCUT2D eigenvalue weighted by Gasteiger charge is -2.19. The SMILES string of the molecule is Cc1nccn1CCC(NC(=O)c1cc(C(C)C)no1)c1ccccc1. The molecule has 3 rings (SSSR count). The maximum Gasteiger partial charge on any atom is 0.290 e. The molecule has 2 aromatic heterocycles. The zero-order chi connectivity index (χ0) is 18.5. The molecule has 0 aliphatic rings. The number of aryl methyl sites for hydroxylation is 2. The summed E-state index contributed by atoms with van der Waals surface area (Å²) in [6, 6.07) is 11.5. The molecule has 0 saturated heterocycles. The number of hydrogen-bond acceptors (Lipinski definition) is 4. The molecule has 0 saturated carbocycles. The lowest BCUT2D eigenvalue weighted by Crippen LogP contribution is -2.29. The first kappa shape index (κ1) is 17.9. The fourth-order valence-electron chi connectivity index (χ4n) is 2.81. The van der Waals surface area contributed by atoms with Crippen molar-refractivity contribution in [1.29, 1.82) is 0 Å². The van der Waals surface area contributed by atoms with E-state index in [0.29, 0.717) is 0 Å². The Balaban J connectivity index is 1.74. The summed E-state index contributed by atoms with van der Waals surface area (Å²) >= 11 is 0. The third kappa shape index (κ3) is 4.20. The molecule has 1 aromatic carbocycles. The minimum Gasteiger partial charge on any atom is -0.351 e. The van der Waals surface area contributed by atoms with Crippen molar-refractivity contribution in [2.45, 2.75) is 45.7 Å². The van der Waals surface area contributed by atoms with Gasteiger partial charge in [-0.2, -0.15) is 0 Å². The quantitative estimate of drug-likeness (QED) is 0.701. The van der Waals surface area contributed by atoms with E-state index >= 15 is 0 Å². The highest BCUT2D eigenvalue weighted by molar-refractivity contribution is 5.91. The number of rotatable bonds is 7. The average Bonchev–Trinajstić information content (AvgIpc) is 3.28. The molecule has 1 atom stereocenters. The molecule has 0 radical (unpaired) electrons. The Kier molecular flexibility index (Phi) is 5.51. The lowest BCUT2D eigenvalue weighted by molar-refractivity contribution is 0.0896. The number of imidazole rings is 1. The Morgan fingerprint density at radius 1 is 1.27 bits per heavy atom. The maximum absolute atomic E-state index is 12.6. The number of nitrogens with zero attached hydrogens (tertiary/aromatic N) is 3. The summed E-state index contributed by atoms with van der Waals surface area (Å²) in [5.74, 6) is 1.17. The van der Waals surface area contributed by atoms with Crippen LogP contribution in [0.5, 0.6) is 0 Å². The van der Waals surface area contributed by atoms with Gasteiger partial charge in [-0.1, -0.05) is 49.3 Å². The van der Waals surface area contributed by atoms with E-state index in [1.807, 2.05) is 57.3 Å². The molecule has 0 fully saturated rings. The number of aromatic nitrogens is 3. The average molecular weight is 352 g/mol. The van der Waals surface area contributed by atoms with Crippen LogP contribution in [-0.4, -0.2) is 20.6 Å². The second-order valence-electron chi connectivity index (χ2n) is 6.66. The van der Waals surface area contributed by atoms with Crippen LogP contribution in [0, 0.1) is 6.92 Å². The number of carbonyl (C=O) groups is 1. The molecule has 3 aromatic rings. The Bertz CT molecular complexity index is 852. The van der Waals surface area contributed by atoms with Crippen molar-refractivity contribution in [2.24, 2.45) is 0 Å². The molecule has 1 unspecified atom stereocenters. The first-order valence-corrected chi connectivity index (χ1v) is 8.84. The van der Waals surface area contributed by atoms with Gasteiger partial charge in [0.2, 0.25) is 5.76 Å². The van der Waals surface area contributed by atoms with Crippen LogP contribution in [0.2, 0.25) is 0 Å². The van der Waals surface area contributed by atoms with E-state index in [2.05, 4.69) is 20.0 Å². The topological polar surface area (TPSA) is 73.0 Å². The van der Waals surface area contributed by atoms with E-state index in [1.165, 1.54) is 0 Å². The summed E-state index contributed by atoms with van der Waals surface area (Å²) in [4.78, 5) is 16.9. The van der Waals surface area contributed by atoms with Gasteiger partial charge in [-0.3, -0.25) is 4.79 Å². The zero-order valence-corrected chi connectivity index (χ0v) is 15.3. The van der Waals surface area contributed by atoms with Gasteiger partial charge in [-0.25, -0.2) is 4.98 Å². The molecule has 0 bridgehead atoms. The van der Waals surface area contributed by atoms with Crippen LogP contribution in [0.3, 0.4) is 0 Å². The molecular weight excluding hydrogens is 328 g/mol. The van der Waals surface area contributed by atoms with E-state index in [0.717, 1.165) is 30.0 Å². The van der Waals surface area contributed by atoms with Crippen molar-refractivity contribution < 1.29 is 9.32 Å². The summed E-state index contributed by atoms with van der Waals surface area (Å²) in [6.07, 6.45) is 4.48. The van der Waals surface area contributed by atoms with Crippen molar-refractivity contribution >= 4 is 5.91 Å². The summed E-state index contributed by atoms with van der Waals surface area (Å²) in [6.45, 7) is 6.76. The third-order valence-corrected chi connectivity index (χ3v) is 4.43. The van der Waals surface area contributed by atoms with Crippen LogP contribution in [0.4, 0.5) is 0 Å².